The van der Waals surface area contributed by atoms with Gasteiger partial charge in [0.2, 0.25) is 0 Å². The van der Waals surface area contributed by atoms with Crippen LogP contribution in [0.4, 0.5) is 0 Å². The van der Waals surface area contributed by atoms with Crippen LogP contribution in [0.3, 0.4) is 0 Å². The lowest BCUT2D eigenvalue weighted by Crippen LogP contribution is -2.00. The highest BCUT2D eigenvalue weighted by Gasteiger charge is 2.09. The van der Waals surface area contributed by atoms with Gasteiger partial charge in [-0.3, -0.25) is 4.79 Å². The second-order valence-corrected chi connectivity index (χ2v) is 4.51. The van der Waals surface area contributed by atoms with Crippen LogP contribution in [0.1, 0.15) is 12.1 Å². The van der Waals surface area contributed by atoms with Gasteiger partial charge in [-0.2, -0.15) is 0 Å². The maximum Gasteiger partial charge on any atom is 0.303 e. The molecule has 0 saturated heterocycles. The fraction of sp³-hybridized carbons (Fsp3) is 0.133. The Hall–Kier alpha value is -2.69. The van der Waals surface area contributed by atoms with Crippen molar-refractivity contribution in [1.82, 2.24) is 15.0 Å². The van der Waals surface area contributed by atoms with Crippen LogP contribution < -0.4 is 0 Å². The number of fused-ring (bicyclic) bond motifs is 1. The number of carboxylic acids is 1. The molecule has 0 bridgehead atoms. The van der Waals surface area contributed by atoms with Crippen molar-refractivity contribution >= 4 is 16.9 Å². The lowest BCUT2D eigenvalue weighted by atomic mass is 10.1. The molecule has 0 fully saturated rings. The fourth-order valence-electron chi connectivity index (χ4n) is 2.16. The van der Waals surface area contributed by atoms with Crippen LogP contribution in [0.25, 0.3) is 22.3 Å². The van der Waals surface area contributed by atoms with Crippen LogP contribution in [0.5, 0.6) is 0 Å². The summed E-state index contributed by atoms with van der Waals surface area (Å²) in [6.45, 7) is 0. The topological polar surface area (TPSA) is 78.9 Å². The normalized spacial score (nSPS) is 10.8. The number of aromatic amines is 1. The molecule has 1 aromatic carbocycles. The summed E-state index contributed by atoms with van der Waals surface area (Å²) in [5.41, 5.74) is 2.70. The number of hydrogen-bond donors (Lipinski definition) is 2. The third-order valence-electron chi connectivity index (χ3n) is 3.14. The number of carboxylic acid groups (broad SMARTS) is 1. The van der Waals surface area contributed by atoms with Crippen molar-refractivity contribution in [2.24, 2.45) is 0 Å². The molecule has 2 N–H and O–H groups in total. The Bertz CT molecular complexity index is 764. The predicted molar refractivity (Wildman–Crippen MR) is 75.3 cm³/mol. The number of rotatable bonds is 4. The van der Waals surface area contributed by atoms with Crippen molar-refractivity contribution in [3.8, 4) is 11.4 Å². The van der Waals surface area contributed by atoms with Crippen LogP contribution in [0, 0.1) is 0 Å². The van der Waals surface area contributed by atoms with E-state index in [2.05, 4.69) is 15.0 Å². The molecule has 3 aromatic rings. The molecule has 5 heteroatoms. The van der Waals surface area contributed by atoms with Gasteiger partial charge in [0, 0.05) is 41.0 Å². The first-order chi connectivity index (χ1) is 9.74. The molecule has 0 aliphatic rings. The summed E-state index contributed by atoms with van der Waals surface area (Å²) in [4.78, 5) is 22.5. The van der Waals surface area contributed by atoms with Crippen molar-refractivity contribution in [2.45, 2.75) is 12.8 Å². The summed E-state index contributed by atoms with van der Waals surface area (Å²) in [5, 5.41) is 9.78. The lowest BCUT2D eigenvalue weighted by molar-refractivity contribution is -0.136. The Morgan fingerprint density at radius 1 is 1.25 bits per heavy atom. The lowest BCUT2D eigenvalue weighted by Gasteiger charge is -2.02. The Kier molecular flexibility index (Phi) is 3.16. The van der Waals surface area contributed by atoms with Gasteiger partial charge in [-0.1, -0.05) is 18.2 Å². The monoisotopic (exact) mass is 267 g/mol. The number of aryl methyl sites for hydroxylation is 1. The highest BCUT2D eigenvalue weighted by molar-refractivity contribution is 5.93. The first kappa shape index (κ1) is 12.3. The molecule has 100 valence electrons. The fourth-order valence-corrected chi connectivity index (χ4v) is 2.16. The van der Waals surface area contributed by atoms with E-state index in [0.29, 0.717) is 12.2 Å². The van der Waals surface area contributed by atoms with Gasteiger partial charge >= 0.3 is 5.97 Å². The van der Waals surface area contributed by atoms with Gasteiger partial charge in [-0.15, -0.1) is 0 Å². The van der Waals surface area contributed by atoms with Gasteiger partial charge in [-0.05, 0) is 12.1 Å². The summed E-state index contributed by atoms with van der Waals surface area (Å²) < 4.78 is 0. The minimum absolute atomic E-state index is 0.0737. The van der Waals surface area contributed by atoms with Gasteiger partial charge in [0.15, 0.2) is 5.82 Å². The predicted octanol–water partition coefficient (Wildman–Crippen LogP) is 2.64. The third-order valence-corrected chi connectivity index (χ3v) is 3.14. The number of para-hydroxylation sites is 1. The van der Waals surface area contributed by atoms with Crippen molar-refractivity contribution in [2.75, 3.05) is 0 Å². The summed E-state index contributed by atoms with van der Waals surface area (Å²) in [6.07, 6.45) is 4.03. The first-order valence-electron chi connectivity index (χ1n) is 6.34. The van der Waals surface area contributed by atoms with E-state index in [1.54, 1.807) is 12.3 Å². The van der Waals surface area contributed by atoms with E-state index >= 15 is 0 Å². The van der Waals surface area contributed by atoms with E-state index in [9.17, 15) is 4.79 Å². The van der Waals surface area contributed by atoms with Crippen LogP contribution in [-0.2, 0) is 11.2 Å². The molecule has 0 amide bonds. The zero-order valence-corrected chi connectivity index (χ0v) is 10.7. The molecule has 5 nitrogen and oxygen atoms in total. The molecule has 0 aliphatic heterocycles. The molecule has 0 spiro atoms. The van der Waals surface area contributed by atoms with Gasteiger partial charge in [-0.25, -0.2) is 9.97 Å². The number of carbonyl (C=O) groups is 1. The SMILES string of the molecule is O=C(O)CCc1ccnc(-c2c[nH]c3ccccc23)n1. The Labute approximate surface area is 115 Å². The average Bonchev–Trinajstić information content (AvgIpc) is 2.89. The van der Waals surface area contributed by atoms with Crippen LogP contribution in [0.2, 0.25) is 0 Å². The van der Waals surface area contributed by atoms with Crippen molar-refractivity contribution in [1.29, 1.82) is 0 Å². The van der Waals surface area contributed by atoms with E-state index in [1.807, 2.05) is 30.5 Å². The second-order valence-electron chi connectivity index (χ2n) is 4.51. The molecule has 0 unspecified atom stereocenters. The number of hydrogen-bond acceptors (Lipinski definition) is 3. The molecule has 2 aromatic heterocycles. The van der Waals surface area contributed by atoms with E-state index in [4.69, 9.17) is 5.11 Å². The highest BCUT2D eigenvalue weighted by Crippen LogP contribution is 2.25. The summed E-state index contributed by atoms with van der Waals surface area (Å²) >= 11 is 0. The molecule has 3 rings (SSSR count). The van der Waals surface area contributed by atoms with Crippen LogP contribution in [-0.4, -0.2) is 26.0 Å². The maximum absolute atomic E-state index is 10.6. The second kappa shape index (κ2) is 5.13. The largest absolute Gasteiger partial charge is 0.481 e. The van der Waals surface area contributed by atoms with Crippen LogP contribution in [0.15, 0.2) is 42.7 Å². The third kappa shape index (κ3) is 2.38. The Morgan fingerprint density at radius 2 is 2.10 bits per heavy atom. The molecule has 20 heavy (non-hydrogen) atoms. The van der Waals surface area contributed by atoms with Crippen LogP contribution >= 0.6 is 0 Å². The minimum atomic E-state index is -0.822. The summed E-state index contributed by atoms with van der Waals surface area (Å²) in [7, 11) is 0. The maximum atomic E-state index is 10.6. The van der Waals surface area contributed by atoms with Gasteiger partial charge in [0.1, 0.15) is 0 Å². The molecule has 0 saturated carbocycles. The van der Waals surface area contributed by atoms with E-state index in [0.717, 1.165) is 22.2 Å². The Morgan fingerprint density at radius 3 is 2.95 bits per heavy atom. The average molecular weight is 267 g/mol. The molecule has 0 radical (unpaired) electrons. The molecule has 0 atom stereocenters. The smallest absolute Gasteiger partial charge is 0.303 e. The number of H-pyrrole nitrogens is 1. The zero-order chi connectivity index (χ0) is 13.9. The summed E-state index contributed by atoms with van der Waals surface area (Å²) in [6, 6.07) is 9.68. The Balaban J connectivity index is 1.97. The molecular weight excluding hydrogens is 254 g/mol. The van der Waals surface area contributed by atoms with E-state index in [1.165, 1.54) is 0 Å². The zero-order valence-electron chi connectivity index (χ0n) is 10.7. The highest BCUT2D eigenvalue weighted by atomic mass is 16.4. The number of aliphatic carboxylic acids is 1. The standard InChI is InChI=1S/C15H13N3O2/c19-14(20)6-5-10-7-8-16-15(18-10)12-9-17-13-4-2-1-3-11(12)13/h1-4,7-9,17H,5-6H2,(H,19,20). The number of nitrogens with zero attached hydrogens (tertiary/aromatic N) is 2. The quantitative estimate of drug-likeness (QED) is 0.761. The molecule has 2 heterocycles. The number of benzene rings is 1. The van der Waals surface area contributed by atoms with Crippen molar-refractivity contribution in [3.63, 3.8) is 0 Å². The van der Waals surface area contributed by atoms with Gasteiger partial charge in [0.25, 0.3) is 0 Å². The summed E-state index contributed by atoms with van der Waals surface area (Å²) in [5.74, 6) is -0.206. The molecular formula is C15H13N3O2. The number of aromatic nitrogens is 3. The molecule has 0 aliphatic carbocycles. The first-order valence-corrected chi connectivity index (χ1v) is 6.34. The van der Waals surface area contributed by atoms with E-state index in [-0.39, 0.29) is 6.42 Å². The van der Waals surface area contributed by atoms with Crippen molar-refractivity contribution in [3.05, 3.63) is 48.4 Å². The van der Waals surface area contributed by atoms with Gasteiger partial charge in [0.05, 0.1) is 6.42 Å². The van der Waals surface area contributed by atoms with Crippen molar-refractivity contribution < 1.29 is 9.90 Å². The van der Waals surface area contributed by atoms with E-state index < -0.39 is 5.97 Å². The number of nitrogens with one attached hydrogen (secondary N) is 1. The minimum Gasteiger partial charge on any atom is -0.481 e. The van der Waals surface area contributed by atoms with Gasteiger partial charge < -0.3 is 10.1 Å².